The molecular formula is C30H38O6. The van der Waals surface area contributed by atoms with Crippen molar-refractivity contribution in [2.24, 2.45) is 0 Å². The fourth-order valence-corrected chi connectivity index (χ4v) is 4.43. The van der Waals surface area contributed by atoms with Crippen molar-refractivity contribution in [1.82, 2.24) is 0 Å². The fraction of sp³-hybridized carbons (Fsp3) is 0.533. The molecule has 2 aliphatic heterocycles. The van der Waals surface area contributed by atoms with Gasteiger partial charge in [-0.15, -0.1) is 0 Å². The molecule has 36 heavy (non-hydrogen) atoms. The number of benzene rings is 2. The van der Waals surface area contributed by atoms with E-state index in [0.29, 0.717) is 45.6 Å². The van der Waals surface area contributed by atoms with Crippen molar-refractivity contribution in [1.29, 1.82) is 0 Å². The quantitative estimate of drug-likeness (QED) is 0.259. The maximum Gasteiger partial charge on any atom is 0.119 e. The molecule has 6 heteroatoms. The van der Waals surface area contributed by atoms with E-state index in [1.165, 1.54) is 16.7 Å². The van der Waals surface area contributed by atoms with Crippen LogP contribution in [0.25, 0.3) is 5.57 Å². The molecule has 3 aliphatic rings. The highest BCUT2D eigenvalue weighted by atomic mass is 16.6. The molecule has 3 unspecified atom stereocenters. The maximum absolute atomic E-state index is 5.82. The normalized spacial score (nSPS) is 26.8. The van der Waals surface area contributed by atoms with E-state index in [1.807, 2.05) is 0 Å². The summed E-state index contributed by atoms with van der Waals surface area (Å²) >= 11 is 0. The van der Waals surface area contributed by atoms with E-state index in [0.717, 1.165) is 44.0 Å². The van der Waals surface area contributed by atoms with E-state index in [9.17, 15) is 0 Å². The van der Waals surface area contributed by atoms with Gasteiger partial charge in [-0.05, 0) is 80.0 Å². The largest absolute Gasteiger partial charge is 0.491 e. The third-order valence-electron chi connectivity index (χ3n) is 7.07. The van der Waals surface area contributed by atoms with Gasteiger partial charge in [-0.25, -0.2) is 0 Å². The molecule has 5 rings (SSSR count). The van der Waals surface area contributed by atoms with Crippen LogP contribution < -0.4 is 9.47 Å². The Labute approximate surface area is 214 Å². The zero-order valence-electron chi connectivity index (χ0n) is 21.5. The molecule has 2 fully saturated rings. The van der Waals surface area contributed by atoms with Gasteiger partial charge in [-0.2, -0.15) is 0 Å². The summed E-state index contributed by atoms with van der Waals surface area (Å²) in [6, 6.07) is 17.0. The second kappa shape index (κ2) is 11.3. The minimum atomic E-state index is -0.0635. The summed E-state index contributed by atoms with van der Waals surface area (Å²) in [5.74, 6) is 2.32. The highest BCUT2D eigenvalue weighted by molar-refractivity contribution is 5.67. The maximum atomic E-state index is 5.82. The minimum Gasteiger partial charge on any atom is -0.491 e. The number of ether oxygens (including phenoxy) is 6. The monoisotopic (exact) mass is 494 g/mol. The van der Waals surface area contributed by atoms with Crippen molar-refractivity contribution in [3.63, 3.8) is 0 Å². The van der Waals surface area contributed by atoms with Crippen LogP contribution in [0.4, 0.5) is 0 Å². The summed E-state index contributed by atoms with van der Waals surface area (Å²) in [5.41, 5.74) is 3.95. The third-order valence-corrected chi connectivity index (χ3v) is 7.07. The molecule has 0 aromatic heterocycles. The topological polar surface area (TPSA) is 62.0 Å². The van der Waals surface area contributed by atoms with Crippen LogP contribution in [0.15, 0.2) is 54.6 Å². The molecule has 0 bridgehead atoms. The zero-order valence-corrected chi connectivity index (χ0v) is 21.5. The van der Waals surface area contributed by atoms with Crippen LogP contribution >= 0.6 is 0 Å². The molecule has 0 saturated carbocycles. The summed E-state index contributed by atoms with van der Waals surface area (Å²) in [5, 5.41) is 0. The Morgan fingerprint density at radius 2 is 1.28 bits per heavy atom. The van der Waals surface area contributed by atoms with Crippen LogP contribution in [0.3, 0.4) is 0 Å². The highest BCUT2D eigenvalue weighted by Gasteiger charge is 2.40. The Hall–Kier alpha value is -2.38. The summed E-state index contributed by atoms with van der Waals surface area (Å²) in [6.07, 6.45) is 5.68. The number of hydrogen-bond donors (Lipinski definition) is 0. The van der Waals surface area contributed by atoms with Crippen LogP contribution in [0.5, 0.6) is 11.5 Å². The lowest BCUT2D eigenvalue weighted by Gasteiger charge is -2.23. The van der Waals surface area contributed by atoms with Crippen LogP contribution in [0, 0.1) is 0 Å². The summed E-state index contributed by atoms with van der Waals surface area (Å²) in [4.78, 5) is 0. The number of hydrogen-bond acceptors (Lipinski definition) is 6. The molecule has 2 saturated heterocycles. The standard InChI is InChI=1S/C30H38O6/c1-29(21-35-29)19-31-15-17-33-27-11-7-25(8-12-27)23-3-5-24(6-4-23)26-9-13-28(14-10-26)34-18-16-32-20-30(2)22-36-30/h3,7-14,24H,4-6,15-22H2,1-2H3. The molecule has 0 N–H and O–H groups in total. The molecule has 0 spiro atoms. The van der Waals surface area contributed by atoms with E-state index in [4.69, 9.17) is 28.4 Å². The number of allylic oxidation sites excluding steroid dienone is 2. The van der Waals surface area contributed by atoms with Gasteiger partial charge in [0.2, 0.25) is 0 Å². The van der Waals surface area contributed by atoms with Crippen LogP contribution in [-0.2, 0) is 18.9 Å². The summed E-state index contributed by atoms with van der Waals surface area (Å²) in [7, 11) is 0. The van der Waals surface area contributed by atoms with E-state index in [2.05, 4.69) is 68.5 Å². The first kappa shape index (κ1) is 25.3. The SMILES string of the molecule is CC1(COCCOc2ccc(C3=CCC(c4ccc(OCCOCC5(C)CO5)cc4)CC3)cc2)CO1. The molecule has 0 amide bonds. The third kappa shape index (κ3) is 7.32. The van der Waals surface area contributed by atoms with Crippen molar-refractivity contribution in [3.05, 3.63) is 65.7 Å². The first-order valence-electron chi connectivity index (χ1n) is 13.1. The number of rotatable bonds is 14. The highest BCUT2D eigenvalue weighted by Crippen LogP contribution is 2.37. The average Bonchev–Trinajstić information content (AvgIpc) is 3.83. The van der Waals surface area contributed by atoms with E-state index in [1.54, 1.807) is 0 Å². The Bertz CT molecular complexity index is 1000. The van der Waals surface area contributed by atoms with Crippen molar-refractivity contribution < 1.29 is 28.4 Å². The molecule has 2 heterocycles. The molecule has 2 aromatic carbocycles. The van der Waals surface area contributed by atoms with Gasteiger partial charge in [-0.3, -0.25) is 0 Å². The lowest BCUT2D eigenvalue weighted by Crippen LogP contribution is -2.17. The van der Waals surface area contributed by atoms with E-state index >= 15 is 0 Å². The van der Waals surface area contributed by atoms with Gasteiger partial charge in [0.05, 0.1) is 39.6 Å². The molecule has 1 aliphatic carbocycles. The Kier molecular flexibility index (Phi) is 7.96. The van der Waals surface area contributed by atoms with Crippen molar-refractivity contribution >= 4 is 5.57 Å². The molecule has 2 aromatic rings. The Morgan fingerprint density at radius 1 is 0.750 bits per heavy atom. The van der Waals surface area contributed by atoms with Crippen LogP contribution in [0.1, 0.15) is 50.2 Å². The molecule has 194 valence electrons. The predicted octanol–water partition coefficient (Wildman–Crippen LogP) is 5.41. The average molecular weight is 495 g/mol. The smallest absolute Gasteiger partial charge is 0.119 e. The van der Waals surface area contributed by atoms with Crippen molar-refractivity contribution in [2.75, 3.05) is 52.9 Å². The van der Waals surface area contributed by atoms with Gasteiger partial charge in [0.25, 0.3) is 0 Å². The Balaban J connectivity index is 1.01. The summed E-state index contributed by atoms with van der Waals surface area (Å²) < 4.78 is 33.5. The molecular weight excluding hydrogens is 456 g/mol. The van der Waals surface area contributed by atoms with Gasteiger partial charge in [-0.1, -0.05) is 30.3 Å². The van der Waals surface area contributed by atoms with E-state index in [-0.39, 0.29) is 11.2 Å². The van der Waals surface area contributed by atoms with Gasteiger partial charge in [0, 0.05) is 0 Å². The Morgan fingerprint density at radius 3 is 1.75 bits per heavy atom. The second-order valence-electron chi connectivity index (χ2n) is 10.6. The molecule has 6 nitrogen and oxygen atoms in total. The van der Waals surface area contributed by atoms with Crippen LogP contribution in [-0.4, -0.2) is 64.1 Å². The van der Waals surface area contributed by atoms with Crippen LogP contribution in [0.2, 0.25) is 0 Å². The van der Waals surface area contributed by atoms with Gasteiger partial charge in [0.15, 0.2) is 0 Å². The van der Waals surface area contributed by atoms with Gasteiger partial charge in [0.1, 0.15) is 35.9 Å². The lowest BCUT2D eigenvalue weighted by atomic mass is 9.83. The van der Waals surface area contributed by atoms with Crippen molar-refractivity contribution in [2.45, 2.75) is 50.2 Å². The molecule has 3 atom stereocenters. The minimum absolute atomic E-state index is 0.0619. The van der Waals surface area contributed by atoms with Gasteiger partial charge >= 0.3 is 0 Å². The number of epoxide rings is 2. The predicted molar refractivity (Wildman–Crippen MR) is 139 cm³/mol. The fourth-order valence-electron chi connectivity index (χ4n) is 4.43. The zero-order chi connectivity index (χ0) is 24.8. The molecule has 0 radical (unpaired) electrons. The van der Waals surface area contributed by atoms with Gasteiger partial charge < -0.3 is 28.4 Å². The first-order valence-corrected chi connectivity index (χ1v) is 13.1. The first-order chi connectivity index (χ1) is 17.5. The lowest BCUT2D eigenvalue weighted by molar-refractivity contribution is 0.0640. The van der Waals surface area contributed by atoms with E-state index < -0.39 is 0 Å². The second-order valence-corrected chi connectivity index (χ2v) is 10.6. The van der Waals surface area contributed by atoms with Crippen molar-refractivity contribution in [3.8, 4) is 11.5 Å². The summed E-state index contributed by atoms with van der Waals surface area (Å²) in [6.45, 7) is 9.23.